The lowest BCUT2D eigenvalue weighted by Crippen LogP contribution is -2.28. The van der Waals surface area contributed by atoms with Gasteiger partial charge in [-0.25, -0.2) is 0 Å². The lowest BCUT2D eigenvalue weighted by molar-refractivity contribution is 0.278. The van der Waals surface area contributed by atoms with E-state index in [1.165, 1.54) is 64.8 Å². The number of hydrogen-bond donors (Lipinski definition) is 1. The Hall–Kier alpha value is -0.0800. The molecule has 2 nitrogen and oxygen atoms in total. The summed E-state index contributed by atoms with van der Waals surface area (Å²) in [7, 11) is 0. The van der Waals surface area contributed by atoms with Gasteiger partial charge in [0.25, 0.3) is 0 Å². The number of rotatable bonds is 11. The summed E-state index contributed by atoms with van der Waals surface area (Å²) in [5, 5.41) is 3.50. The van der Waals surface area contributed by atoms with Gasteiger partial charge in [0.1, 0.15) is 0 Å². The minimum atomic E-state index is 1.18. The Labute approximate surface area is 96.4 Å². The van der Waals surface area contributed by atoms with E-state index in [-0.39, 0.29) is 0 Å². The normalized spacial score (nSPS) is 11.2. The Balaban J connectivity index is 3.22. The van der Waals surface area contributed by atoms with Crippen molar-refractivity contribution in [3.8, 4) is 0 Å². The molecule has 0 saturated carbocycles. The quantitative estimate of drug-likeness (QED) is 0.532. The Bertz CT molecular complexity index is 115. The van der Waals surface area contributed by atoms with Crippen LogP contribution in [0.3, 0.4) is 0 Å². The van der Waals surface area contributed by atoms with Gasteiger partial charge in [-0.2, -0.15) is 0 Å². The van der Waals surface area contributed by atoms with Gasteiger partial charge in [-0.3, -0.25) is 0 Å². The molecule has 0 aliphatic carbocycles. The smallest absolute Gasteiger partial charge is 0.000676 e. The van der Waals surface area contributed by atoms with Crippen LogP contribution in [0.4, 0.5) is 0 Å². The summed E-state index contributed by atoms with van der Waals surface area (Å²) < 4.78 is 0. The van der Waals surface area contributed by atoms with Crippen molar-refractivity contribution in [1.82, 2.24) is 10.2 Å². The van der Waals surface area contributed by atoms with Crippen LogP contribution < -0.4 is 5.32 Å². The number of nitrogens with one attached hydrogen (secondary N) is 1. The van der Waals surface area contributed by atoms with Gasteiger partial charge in [0.05, 0.1) is 0 Å². The van der Waals surface area contributed by atoms with Crippen molar-refractivity contribution < 1.29 is 0 Å². The standard InChI is InChI=1S/C13H30N2/c1-4-7-10-14-11-9-13-15(6-3)12-8-5-2/h14H,4-13H2,1-3H3. The molecule has 0 saturated heterocycles. The molecule has 15 heavy (non-hydrogen) atoms. The molecule has 0 aromatic carbocycles. The molecule has 0 aromatic heterocycles. The highest BCUT2D eigenvalue weighted by Crippen LogP contribution is 1.96. The molecule has 0 aromatic rings. The highest BCUT2D eigenvalue weighted by molar-refractivity contribution is 4.57. The Morgan fingerprint density at radius 3 is 2.00 bits per heavy atom. The SMILES string of the molecule is CCCCNCCCN(CC)CCCC. The molecular weight excluding hydrogens is 184 g/mol. The van der Waals surface area contributed by atoms with E-state index in [0.717, 1.165) is 0 Å². The molecule has 0 aliphatic heterocycles. The maximum atomic E-state index is 3.50. The van der Waals surface area contributed by atoms with E-state index in [4.69, 9.17) is 0 Å². The van der Waals surface area contributed by atoms with Crippen molar-refractivity contribution >= 4 is 0 Å². The van der Waals surface area contributed by atoms with Gasteiger partial charge >= 0.3 is 0 Å². The van der Waals surface area contributed by atoms with Crippen LogP contribution in [0.15, 0.2) is 0 Å². The molecule has 0 aliphatic rings. The molecule has 0 fully saturated rings. The lowest BCUT2D eigenvalue weighted by atomic mass is 10.3. The molecule has 0 heterocycles. The van der Waals surface area contributed by atoms with Crippen LogP contribution in [-0.2, 0) is 0 Å². The summed E-state index contributed by atoms with van der Waals surface area (Å²) in [4.78, 5) is 2.56. The summed E-state index contributed by atoms with van der Waals surface area (Å²) >= 11 is 0. The fourth-order valence-electron chi connectivity index (χ4n) is 1.66. The second kappa shape index (κ2) is 12.0. The summed E-state index contributed by atoms with van der Waals surface area (Å²) in [5.41, 5.74) is 0. The van der Waals surface area contributed by atoms with Gasteiger partial charge < -0.3 is 10.2 Å². The van der Waals surface area contributed by atoms with Crippen molar-refractivity contribution in [2.45, 2.75) is 52.9 Å². The van der Waals surface area contributed by atoms with E-state index in [2.05, 4.69) is 31.0 Å². The van der Waals surface area contributed by atoms with Gasteiger partial charge in [0.2, 0.25) is 0 Å². The topological polar surface area (TPSA) is 15.3 Å². The molecule has 0 atom stereocenters. The van der Waals surface area contributed by atoms with Crippen LogP contribution in [-0.4, -0.2) is 37.6 Å². The van der Waals surface area contributed by atoms with E-state index >= 15 is 0 Å². The van der Waals surface area contributed by atoms with Crippen LogP contribution in [0.2, 0.25) is 0 Å². The van der Waals surface area contributed by atoms with Crippen LogP contribution in [0.1, 0.15) is 52.9 Å². The van der Waals surface area contributed by atoms with Crippen molar-refractivity contribution in [1.29, 1.82) is 0 Å². The van der Waals surface area contributed by atoms with Gasteiger partial charge in [-0.1, -0.05) is 33.6 Å². The molecule has 92 valence electrons. The highest BCUT2D eigenvalue weighted by atomic mass is 15.1. The van der Waals surface area contributed by atoms with E-state index < -0.39 is 0 Å². The molecule has 0 bridgehead atoms. The monoisotopic (exact) mass is 214 g/mol. The summed E-state index contributed by atoms with van der Waals surface area (Å²) in [6.45, 7) is 12.9. The largest absolute Gasteiger partial charge is 0.317 e. The molecule has 0 spiro atoms. The zero-order valence-corrected chi connectivity index (χ0v) is 11.0. The van der Waals surface area contributed by atoms with Gasteiger partial charge in [-0.05, 0) is 52.0 Å². The van der Waals surface area contributed by atoms with E-state index in [9.17, 15) is 0 Å². The zero-order valence-electron chi connectivity index (χ0n) is 11.0. The lowest BCUT2D eigenvalue weighted by Gasteiger charge is -2.19. The first kappa shape index (κ1) is 14.9. The zero-order chi connectivity index (χ0) is 11.4. The fraction of sp³-hybridized carbons (Fsp3) is 1.00. The molecule has 2 heteroatoms. The molecule has 0 amide bonds. The maximum absolute atomic E-state index is 3.50. The van der Waals surface area contributed by atoms with Crippen molar-refractivity contribution in [2.75, 3.05) is 32.7 Å². The van der Waals surface area contributed by atoms with E-state index in [1.807, 2.05) is 0 Å². The Kier molecular flexibility index (Phi) is 11.9. The first-order chi connectivity index (χ1) is 7.35. The summed E-state index contributed by atoms with van der Waals surface area (Å²) in [6.07, 6.45) is 6.56. The molecule has 0 rings (SSSR count). The average molecular weight is 214 g/mol. The third-order valence-corrected chi connectivity index (χ3v) is 2.81. The van der Waals surface area contributed by atoms with E-state index in [1.54, 1.807) is 0 Å². The molecule has 0 unspecified atom stereocenters. The van der Waals surface area contributed by atoms with Crippen LogP contribution in [0, 0.1) is 0 Å². The second-order valence-corrected chi connectivity index (χ2v) is 4.24. The predicted molar refractivity (Wildman–Crippen MR) is 69.4 cm³/mol. The fourth-order valence-corrected chi connectivity index (χ4v) is 1.66. The third-order valence-electron chi connectivity index (χ3n) is 2.81. The van der Waals surface area contributed by atoms with Gasteiger partial charge in [-0.15, -0.1) is 0 Å². The Morgan fingerprint density at radius 2 is 1.40 bits per heavy atom. The van der Waals surface area contributed by atoms with Crippen molar-refractivity contribution in [3.63, 3.8) is 0 Å². The molecule has 1 N–H and O–H groups in total. The van der Waals surface area contributed by atoms with Gasteiger partial charge in [0.15, 0.2) is 0 Å². The predicted octanol–water partition coefficient (Wildman–Crippen LogP) is 2.89. The number of hydrogen-bond acceptors (Lipinski definition) is 2. The minimum absolute atomic E-state index is 1.18. The van der Waals surface area contributed by atoms with Crippen molar-refractivity contribution in [2.24, 2.45) is 0 Å². The molecular formula is C13H30N2. The third kappa shape index (κ3) is 10.2. The number of nitrogens with zero attached hydrogens (tertiary/aromatic N) is 1. The average Bonchev–Trinajstić information content (AvgIpc) is 2.27. The number of unbranched alkanes of at least 4 members (excludes halogenated alkanes) is 2. The molecule has 0 radical (unpaired) electrons. The highest BCUT2D eigenvalue weighted by Gasteiger charge is 2.00. The van der Waals surface area contributed by atoms with Crippen LogP contribution >= 0.6 is 0 Å². The Morgan fingerprint density at radius 1 is 0.800 bits per heavy atom. The summed E-state index contributed by atoms with van der Waals surface area (Å²) in [6, 6.07) is 0. The van der Waals surface area contributed by atoms with Crippen LogP contribution in [0.5, 0.6) is 0 Å². The first-order valence-electron chi connectivity index (χ1n) is 6.78. The van der Waals surface area contributed by atoms with Gasteiger partial charge in [0, 0.05) is 0 Å². The second-order valence-electron chi connectivity index (χ2n) is 4.24. The van der Waals surface area contributed by atoms with Crippen molar-refractivity contribution in [3.05, 3.63) is 0 Å². The summed E-state index contributed by atoms with van der Waals surface area (Å²) in [5.74, 6) is 0. The minimum Gasteiger partial charge on any atom is -0.317 e. The maximum Gasteiger partial charge on any atom is -0.000676 e. The van der Waals surface area contributed by atoms with E-state index in [0.29, 0.717) is 0 Å². The van der Waals surface area contributed by atoms with Crippen LogP contribution in [0.25, 0.3) is 0 Å². The first-order valence-corrected chi connectivity index (χ1v) is 6.78.